The van der Waals surface area contributed by atoms with Crippen LogP contribution in [0.25, 0.3) is 5.57 Å². The number of ether oxygens (including phenoxy) is 1. The van der Waals surface area contributed by atoms with Gasteiger partial charge in [0.25, 0.3) is 0 Å². The van der Waals surface area contributed by atoms with Gasteiger partial charge in [0.2, 0.25) is 0 Å². The minimum absolute atomic E-state index is 0.288. The van der Waals surface area contributed by atoms with Crippen LogP contribution in [-0.4, -0.2) is 12.6 Å². The van der Waals surface area contributed by atoms with E-state index >= 15 is 0 Å². The summed E-state index contributed by atoms with van der Waals surface area (Å²) in [6, 6.07) is 14.5. The van der Waals surface area contributed by atoms with Crippen molar-refractivity contribution in [1.82, 2.24) is 0 Å². The zero-order valence-electron chi connectivity index (χ0n) is 13.8. The number of hydrogen-bond acceptors (Lipinski definition) is 2. The molecule has 2 nitrogen and oxygen atoms in total. The quantitative estimate of drug-likeness (QED) is 0.524. The third kappa shape index (κ3) is 5.78. The van der Waals surface area contributed by atoms with Gasteiger partial charge in [0.05, 0.1) is 12.2 Å². The number of hydrogen-bond donors (Lipinski definition) is 0. The van der Waals surface area contributed by atoms with E-state index in [2.05, 4.69) is 0 Å². The van der Waals surface area contributed by atoms with Crippen molar-refractivity contribution in [3.63, 3.8) is 0 Å². The van der Waals surface area contributed by atoms with Gasteiger partial charge < -0.3 is 4.74 Å². The third-order valence-corrected chi connectivity index (χ3v) is 3.69. The summed E-state index contributed by atoms with van der Waals surface area (Å²) in [6.07, 6.45) is -1.84. The number of esters is 1. The lowest BCUT2D eigenvalue weighted by Gasteiger charge is -2.10. The number of alkyl halides is 3. The lowest BCUT2D eigenvalue weighted by atomic mass is 9.97. The van der Waals surface area contributed by atoms with Gasteiger partial charge in [-0.25, -0.2) is 4.79 Å². The first kappa shape index (κ1) is 18.8. The molecule has 0 heterocycles. The van der Waals surface area contributed by atoms with Gasteiger partial charge in [0, 0.05) is 6.08 Å². The molecule has 2 rings (SSSR count). The topological polar surface area (TPSA) is 26.3 Å². The molecule has 0 aliphatic carbocycles. The molecule has 2 aromatic rings. The van der Waals surface area contributed by atoms with Crippen LogP contribution in [0.2, 0.25) is 0 Å². The van der Waals surface area contributed by atoms with Crippen molar-refractivity contribution in [2.75, 3.05) is 6.61 Å². The molecule has 0 radical (unpaired) electrons. The summed E-state index contributed by atoms with van der Waals surface area (Å²) in [7, 11) is 0. The van der Waals surface area contributed by atoms with Crippen LogP contribution >= 0.6 is 0 Å². The van der Waals surface area contributed by atoms with Crippen LogP contribution in [-0.2, 0) is 22.1 Å². The van der Waals surface area contributed by atoms with Crippen LogP contribution in [0.5, 0.6) is 0 Å². The fraction of sp³-hybridized carbons (Fsp3) is 0.250. The van der Waals surface area contributed by atoms with Crippen LogP contribution in [0, 0.1) is 0 Å². The highest BCUT2D eigenvalue weighted by molar-refractivity contribution is 5.91. The fourth-order valence-corrected chi connectivity index (χ4v) is 2.42. The predicted octanol–water partition coefficient (Wildman–Crippen LogP) is 5.28. The highest BCUT2D eigenvalue weighted by Gasteiger charge is 2.29. The van der Waals surface area contributed by atoms with Crippen molar-refractivity contribution in [2.45, 2.75) is 25.9 Å². The van der Waals surface area contributed by atoms with Gasteiger partial charge in [-0.3, -0.25) is 0 Å². The number of allylic oxidation sites excluding steroid dienone is 1. The minimum Gasteiger partial charge on any atom is -0.463 e. The first-order chi connectivity index (χ1) is 11.9. The molecule has 132 valence electrons. The van der Waals surface area contributed by atoms with E-state index in [0.29, 0.717) is 12.8 Å². The first-order valence-electron chi connectivity index (χ1n) is 7.99. The first-order valence-corrected chi connectivity index (χ1v) is 7.99. The SMILES string of the molecule is CCOC(=O)/C=C(/CCc1ccc(C(F)(F)F)cc1)c1ccccc1. The molecule has 0 aliphatic rings. The Kier molecular flexibility index (Phi) is 6.39. The summed E-state index contributed by atoms with van der Waals surface area (Å²) in [6.45, 7) is 2.02. The lowest BCUT2D eigenvalue weighted by molar-refractivity contribution is -0.138. The Morgan fingerprint density at radius 3 is 2.24 bits per heavy atom. The summed E-state index contributed by atoms with van der Waals surface area (Å²) in [5, 5.41) is 0. The van der Waals surface area contributed by atoms with E-state index in [-0.39, 0.29) is 6.61 Å². The van der Waals surface area contributed by atoms with E-state index in [1.54, 1.807) is 6.92 Å². The highest BCUT2D eigenvalue weighted by Crippen LogP contribution is 2.29. The monoisotopic (exact) mass is 348 g/mol. The molecule has 0 spiro atoms. The Balaban J connectivity index is 2.13. The zero-order chi connectivity index (χ0) is 18.3. The molecule has 0 saturated carbocycles. The molecule has 0 fully saturated rings. The molecule has 5 heteroatoms. The van der Waals surface area contributed by atoms with Gasteiger partial charge in [0.15, 0.2) is 0 Å². The van der Waals surface area contributed by atoms with Crippen LogP contribution < -0.4 is 0 Å². The van der Waals surface area contributed by atoms with E-state index in [4.69, 9.17) is 4.74 Å². The minimum atomic E-state index is -4.34. The number of rotatable bonds is 6. The maximum absolute atomic E-state index is 12.6. The molecule has 0 aliphatic heterocycles. The molecular formula is C20H19F3O2. The number of halogens is 3. The second kappa shape index (κ2) is 8.51. The number of carbonyl (C=O) groups is 1. The maximum Gasteiger partial charge on any atom is 0.416 e. The van der Waals surface area contributed by atoms with Crippen LogP contribution in [0.15, 0.2) is 60.7 Å². The van der Waals surface area contributed by atoms with Crippen LogP contribution in [0.4, 0.5) is 13.2 Å². The van der Waals surface area contributed by atoms with Crippen molar-refractivity contribution in [3.8, 4) is 0 Å². The number of carbonyl (C=O) groups excluding carboxylic acids is 1. The summed E-state index contributed by atoms with van der Waals surface area (Å²) in [4.78, 5) is 11.8. The van der Waals surface area contributed by atoms with Crippen molar-refractivity contribution in [3.05, 3.63) is 77.4 Å². The smallest absolute Gasteiger partial charge is 0.416 e. The Morgan fingerprint density at radius 1 is 1.04 bits per heavy atom. The highest BCUT2D eigenvalue weighted by atomic mass is 19.4. The van der Waals surface area contributed by atoms with E-state index in [1.165, 1.54) is 18.2 Å². The average molecular weight is 348 g/mol. The van der Waals surface area contributed by atoms with E-state index < -0.39 is 17.7 Å². The fourth-order valence-electron chi connectivity index (χ4n) is 2.42. The van der Waals surface area contributed by atoms with Gasteiger partial charge in [-0.2, -0.15) is 13.2 Å². The predicted molar refractivity (Wildman–Crippen MR) is 90.8 cm³/mol. The standard InChI is InChI=1S/C20H19F3O2/c1-2-25-19(24)14-17(16-6-4-3-5-7-16)11-8-15-9-12-18(13-10-15)20(21,22)23/h3-7,9-10,12-14H,2,8,11H2,1H3/b17-14-. The molecule has 2 aromatic carbocycles. The van der Waals surface area contributed by atoms with Gasteiger partial charge in [0.1, 0.15) is 0 Å². The second-order valence-electron chi connectivity index (χ2n) is 5.48. The van der Waals surface area contributed by atoms with Crippen LogP contribution in [0.3, 0.4) is 0 Å². The van der Waals surface area contributed by atoms with Crippen molar-refractivity contribution >= 4 is 11.5 Å². The van der Waals surface area contributed by atoms with E-state index in [0.717, 1.165) is 28.8 Å². The maximum atomic E-state index is 12.6. The van der Waals surface area contributed by atoms with E-state index in [9.17, 15) is 18.0 Å². The second-order valence-corrected chi connectivity index (χ2v) is 5.48. The summed E-state index contributed by atoms with van der Waals surface area (Å²) in [5.74, 6) is -0.422. The summed E-state index contributed by atoms with van der Waals surface area (Å²) in [5.41, 5.74) is 1.79. The Morgan fingerprint density at radius 2 is 1.68 bits per heavy atom. The normalized spacial score (nSPS) is 12.1. The van der Waals surface area contributed by atoms with E-state index in [1.807, 2.05) is 30.3 Å². The Bertz CT molecular complexity index is 717. The van der Waals surface area contributed by atoms with Crippen LogP contribution in [0.1, 0.15) is 30.0 Å². The van der Waals surface area contributed by atoms with Gasteiger partial charge in [-0.05, 0) is 48.6 Å². The molecule has 0 atom stereocenters. The summed E-state index contributed by atoms with van der Waals surface area (Å²) < 4.78 is 42.8. The molecule has 0 aromatic heterocycles. The van der Waals surface area contributed by atoms with Gasteiger partial charge >= 0.3 is 12.1 Å². The third-order valence-electron chi connectivity index (χ3n) is 3.69. The molecule has 0 unspecified atom stereocenters. The number of benzene rings is 2. The van der Waals surface area contributed by atoms with Gasteiger partial charge in [-0.1, -0.05) is 42.5 Å². The van der Waals surface area contributed by atoms with Gasteiger partial charge in [-0.15, -0.1) is 0 Å². The molecule has 0 amide bonds. The molecule has 0 N–H and O–H groups in total. The average Bonchev–Trinajstić information content (AvgIpc) is 2.59. The van der Waals surface area contributed by atoms with Crippen molar-refractivity contribution in [2.24, 2.45) is 0 Å². The molecule has 25 heavy (non-hydrogen) atoms. The van der Waals surface area contributed by atoms with Crippen molar-refractivity contribution in [1.29, 1.82) is 0 Å². The lowest BCUT2D eigenvalue weighted by Crippen LogP contribution is -2.04. The largest absolute Gasteiger partial charge is 0.463 e. The van der Waals surface area contributed by atoms with Crippen molar-refractivity contribution < 1.29 is 22.7 Å². The number of aryl methyl sites for hydroxylation is 1. The zero-order valence-corrected chi connectivity index (χ0v) is 13.8. The molecule has 0 saturated heterocycles. The summed E-state index contributed by atoms with van der Waals surface area (Å²) >= 11 is 0. The Hall–Kier alpha value is -2.56. The molecule has 0 bridgehead atoms. The Labute approximate surface area is 144 Å². The molecular weight excluding hydrogens is 329 g/mol.